The van der Waals surface area contributed by atoms with E-state index in [1.807, 2.05) is 11.8 Å². The normalized spacial score (nSPS) is 22.4. The van der Waals surface area contributed by atoms with Crippen LogP contribution in [0, 0.1) is 0 Å². The third-order valence-electron chi connectivity index (χ3n) is 2.00. The van der Waals surface area contributed by atoms with E-state index in [1.165, 1.54) is 25.7 Å². The van der Waals surface area contributed by atoms with Crippen molar-refractivity contribution in [1.29, 1.82) is 0 Å². The quantitative estimate of drug-likeness (QED) is 0.760. The molecule has 1 saturated carbocycles. The van der Waals surface area contributed by atoms with Crippen molar-refractivity contribution in [1.82, 2.24) is 0 Å². The van der Waals surface area contributed by atoms with Crippen LogP contribution in [0.2, 0.25) is 0 Å². The van der Waals surface area contributed by atoms with Gasteiger partial charge in [-0.05, 0) is 12.8 Å². The minimum atomic E-state index is -0.152. The number of hydrogen-bond donors (Lipinski definition) is 1. The van der Waals surface area contributed by atoms with Gasteiger partial charge >= 0.3 is 0 Å². The maximum Gasteiger partial charge on any atom is 0.0727 e. The van der Waals surface area contributed by atoms with Gasteiger partial charge in [0.1, 0.15) is 0 Å². The van der Waals surface area contributed by atoms with Gasteiger partial charge in [-0.15, -0.1) is 0 Å². The van der Waals surface area contributed by atoms with Crippen LogP contribution in [0.25, 0.3) is 0 Å². The first-order chi connectivity index (χ1) is 5.33. The minimum Gasteiger partial charge on any atom is -0.391 e. The van der Waals surface area contributed by atoms with Crippen molar-refractivity contribution in [3.63, 3.8) is 0 Å². The standard InChI is InChI=1S/C8H15BrOS/c9-5-7(10)6-11-8-3-1-2-4-8/h7-8,10H,1-6H2. The predicted molar refractivity (Wildman–Crippen MR) is 54.5 cm³/mol. The summed E-state index contributed by atoms with van der Waals surface area (Å²) in [6, 6.07) is 0. The monoisotopic (exact) mass is 238 g/mol. The van der Waals surface area contributed by atoms with Crippen molar-refractivity contribution in [2.45, 2.75) is 37.0 Å². The minimum absolute atomic E-state index is 0.152. The fraction of sp³-hybridized carbons (Fsp3) is 1.00. The molecule has 1 N–H and O–H groups in total. The average molecular weight is 239 g/mol. The molecule has 1 aliphatic rings. The summed E-state index contributed by atoms with van der Waals surface area (Å²) in [6.45, 7) is 0. The highest BCUT2D eigenvalue weighted by atomic mass is 79.9. The van der Waals surface area contributed by atoms with Gasteiger partial charge in [0.15, 0.2) is 0 Å². The van der Waals surface area contributed by atoms with Gasteiger partial charge in [0.25, 0.3) is 0 Å². The SMILES string of the molecule is OC(CBr)CSC1CCCC1. The second-order valence-electron chi connectivity index (χ2n) is 3.05. The lowest BCUT2D eigenvalue weighted by Crippen LogP contribution is -2.13. The summed E-state index contributed by atoms with van der Waals surface area (Å²) in [5, 5.41) is 10.8. The smallest absolute Gasteiger partial charge is 0.0727 e. The molecule has 66 valence electrons. The molecule has 0 aromatic rings. The van der Waals surface area contributed by atoms with Gasteiger partial charge in [-0.25, -0.2) is 0 Å². The maximum atomic E-state index is 9.25. The molecule has 0 spiro atoms. The molecule has 0 aromatic heterocycles. The summed E-state index contributed by atoms with van der Waals surface area (Å²) >= 11 is 5.20. The Labute approximate surface area is 81.1 Å². The zero-order valence-electron chi connectivity index (χ0n) is 6.63. The third-order valence-corrected chi connectivity index (χ3v) is 4.27. The van der Waals surface area contributed by atoms with E-state index >= 15 is 0 Å². The van der Waals surface area contributed by atoms with Gasteiger partial charge in [-0.1, -0.05) is 28.8 Å². The topological polar surface area (TPSA) is 20.2 Å². The van der Waals surface area contributed by atoms with Crippen LogP contribution in [0.3, 0.4) is 0 Å². The zero-order valence-corrected chi connectivity index (χ0v) is 9.03. The van der Waals surface area contributed by atoms with E-state index in [1.54, 1.807) is 0 Å². The lowest BCUT2D eigenvalue weighted by Gasteiger charge is -2.10. The summed E-state index contributed by atoms with van der Waals surface area (Å²) in [5.74, 6) is 0.899. The fourth-order valence-corrected chi connectivity index (χ4v) is 3.16. The van der Waals surface area contributed by atoms with Crippen molar-refractivity contribution in [2.24, 2.45) is 0 Å². The summed E-state index contributed by atoms with van der Waals surface area (Å²) in [7, 11) is 0. The molecule has 1 fully saturated rings. The maximum absolute atomic E-state index is 9.25. The Morgan fingerprint density at radius 3 is 2.64 bits per heavy atom. The van der Waals surface area contributed by atoms with Crippen LogP contribution < -0.4 is 0 Å². The highest BCUT2D eigenvalue weighted by Crippen LogP contribution is 2.29. The molecule has 0 bridgehead atoms. The Morgan fingerprint density at radius 2 is 2.09 bits per heavy atom. The predicted octanol–water partition coefficient (Wildman–Crippen LogP) is 2.42. The van der Waals surface area contributed by atoms with Gasteiger partial charge < -0.3 is 5.11 Å². The Bertz CT molecular complexity index is 104. The highest BCUT2D eigenvalue weighted by molar-refractivity contribution is 9.09. The van der Waals surface area contributed by atoms with Gasteiger partial charge in [-0.3, -0.25) is 0 Å². The van der Waals surface area contributed by atoms with Crippen LogP contribution >= 0.6 is 27.7 Å². The molecular formula is C8H15BrOS. The first kappa shape index (κ1) is 9.87. The molecule has 3 heteroatoms. The number of halogens is 1. The Kier molecular flexibility index (Phi) is 4.88. The van der Waals surface area contributed by atoms with E-state index in [9.17, 15) is 5.11 Å². The molecule has 1 aliphatic carbocycles. The van der Waals surface area contributed by atoms with Crippen LogP contribution in [0.15, 0.2) is 0 Å². The number of thioether (sulfide) groups is 1. The molecule has 1 unspecified atom stereocenters. The summed E-state index contributed by atoms with van der Waals surface area (Å²) in [5.41, 5.74) is 0. The average Bonchev–Trinajstić information content (AvgIpc) is 2.52. The van der Waals surface area contributed by atoms with E-state index in [2.05, 4.69) is 15.9 Å². The second kappa shape index (κ2) is 5.44. The molecule has 0 heterocycles. The van der Waals surface area contributed by atoms with Crippen molar-refractivity contribution in [2.75, 3.05) is 11.1 Å². The van der Waals surface area contributed by atoms with E-state index < -0.39 is 0 Å². The third kappa shape index (κ3) is 3.81. The largest absolute Gasteiger partial charge is 0.391 e. The highest BCUT2D eigenvalue weighted by Gasteiger charge is 2.16. The number of alkyl halides is 1. The van der Waals surface area contributed by atoms with Crippen LogP contribution in [0.5, 0.6) is 0 Å². The molecule has 0 aromatic carbocycles. The van der Waals surface area contributed by atoms with Gasteiger partial charge in [0.2, 0.25) is 0 Å². The summed E-state index contributed by atoms with van der Waals surface area (Å²) < 4.78 is 0. The molecule has 0 aliphatic heterocycles. The Hall–Kier alpha value is 0.790. The van der Waals surface area contributed by atoms with Crippen molar-refractivity contribution < 1.29 is 5.11 Å². The lowest BCUT2D eigenvalue weighted by atomic mass is 10.4. The molecule has 0 saturated heterocycles. The van der Waals surface area contributed by atoms with Crippen molar-refractivity contribution in [3.8, 4) is 0 Å². The number of aliphatic hydroxyl groups excluding tert-OH is 1. The van der Waals surface area contributed by atoms with Gasteiger partial charge in [0.05, 0.1) is 6.10 Å². The van der Waals surface area contributed by atoms with E-state index in [4.69, 9.17) is 0 Å². The fourth-order valence-electron chi connectivity index (χ4n) is 1.35. The first-order valence-electron chi connectivity index (χ1n) is 4.18. The first-order valence-corrected chi connectivity index (χ1v) is 6.35. The number of hydrogen-bond acceptors (Lipinski definition) is 2. The second-order valence-corrected chi connectivity index (χ2v) is 5.03. The van der Waals surface area contributed by atoms with Crippen LogP contribution in [-0.2, 0) is 0 Å². The zero-order chi connectivity index (χ0) is 8.10. The summed E-state index contributed by atoms with van der Waals surface area (Å²) in [6.07, 6.45) is 5.35. The van der Waals surface area contributed by atoms with E-state index in [-0.39, 0.29) is 6.10 Å². The van der Waals surface area contributed by atoms with Crippen molar-refractivity contribution >= 4 is 27.7 Å². The number of aliphatic hydroxyl groups is 1. The van der Waals surface area contributed by atoms with Crippen LogP contribution in [0.1, 0.15) is 25.7 Å². The Balaban J connectivity index is 2.01. The van der Waals surface area contributed by atoms with E-state index in [0.29, 0.717) is 5.33 Å². The van der Waals surface area contributed by atoms with Gasteiger partial charge in [-0.2, -0.15) is 11.8 Å². The molecule has 0 radical (unpaired) electrons. The lowest BCUT2D eigenvalue weighted by molar-refractivity contribution is 0.226. The molecule has 1 rings (SSSR count). The molecular weight excluding hydrogens is 224 g/mol. The molecule has 11 heavy (non-hydrogen) atoms. The van der Waals surface area contributed by atoms with Crippen LogP contribution in [-0.4, -0.2) is 27.5 Å². The molecule has 1 nitrogen and oxygen atoms in total. The van der Waals surface area contributed by atoms with E-state index in [0.717, 1.165) is 11.0 Å². The van der Waals surface area contributed by atoms with Crippen molar-refractivity contribution in [3.05, 3.63) is 0 Å². The number of rotatable bonds is 4. The summed E-state index contributed by atoms with van der Waals surface area (Å²) in [4.78, 5) is 0. The molecule has 0 amide bonds. The molecule has 1 atom stereocenters. The van der Waals surface area contributed by atoms with Crippen LogP contribution in [0.4, 0.5) is 0 Å². The van der Waals surface area contributed by atoms with Gasteiger partial charge in [0, 0.05) is 16.3 Å². The Morgan fingerprint density at radius 1 is 1.45 bits per heavy atom.